The molecule has 1 heterocycles. The van der Waals surface area contributed by atoms with Crippen LogP contribution in [-0.4, -0.2) is 21.9 Å². The van der Waals surface area contributed by atoms with Gasteiger partial charge in [-0.25, -0.2) is 0 Å². The molecule has 0 aliphatic heterocycles. The standard InChI is InChI=1S/C9H8BrN3O/c1-14-8-5-3-2-4-7(8)13-6-11-12-9(13)10/h2-6H,1H3. The summed E-state index contributed by atoms with van der Waals surface area (Å²) in [6, 6.07) is 7.68. The van der Waals surface area contributed by atoms with Gasteiger partial charge in [-0.2, -0.15) is 0 Å². The van der Waals surface area contributed by atoms with E-state index in [0.29, 0.717) is 4.73 Å². The maximum atomic E-state index is 5.23. The van der Waals surface area contributed by atoms with Crippen molar-refractivity contribution in [3.8, 4) is 11.4 Å². The molecule has 0 bridgehead atoms. The molecule has 0 saturated heterocycles. The summed E-state index contributed by atoms with van der Waals surface area (Å²) in [4.78, 5) is 0. The third kappa shape index (κ3) is 1.50. The van der Waals surface area contributed by atoms with Crippen LogP contribution in [0.3, 0.4) is 0 Å². The summed E-state index contributed by atoms with van der Waals surface area (Å²) in [7, 11) is 1.64. The molecule has 72 valence electrons. The molecule has 0 saturated carbocycles. The number of aromatic nitrogens is 3. The lowest BCUT2D eigenvalue weighted by Gasteiger charge is -2.08. The van der Waals surface area contributed by atoms with E-state index in [-0.39, 0.29) is 0 Å². The minimum absolute atomic E-state index is 0.655. The van der Waals surface area contributed by atoms with Gasteiger partial charge in [0, 0.05) is 0 Å². The van der Waals surface area contributed by atoms with Crippen molar-refractivity contribution in [3.05, 3.63) is 35.3 Å². The van der Waals surface area contributed by atoms with Crippen LogP contribution in [0.1, 0.15) is 0 Å². The molecule has 5 heteroatoms. The summed E-state index contributed by atoms with van der Waals surface area (Å²) in [6.45, 7) is 0. The third-order valence-corrected chi connectivity index (χ3v) is 2.39. The van der Waals surface area contributed by atoms with Crippen LogP contribution in [0.25, 0.3) is 5.69 Å². The molecule has 1 aromatic heterocycles. The molecular weight excluding hydrogens is 246 g/mol. The lowest BCUT2D eigenvalue weighted by molar-refractivity contribution is 0.412. The van der Waals surface area contributed by atoms with E-state index in [2.05, 4.69) is 26.1 Å². The van der Waals surface area contributed by atoms with Gasteiger partial charge in [-0.15, -0.1) is 10.2 Å². The van der Waals surface area contributed by atoms with Crippen molar-refractivity contribution in [3.63, 3.8) is 0 Å². The molecule has 14 heavy (non-hydrogen) atoms. The second-order valence-electron chi connectivity index (χ2n) is 2.64. The fraction of sp³-hybridized carbons (Fsp3) is 0.111. The second-order valence-corrected chi connectivity index (χ2v) is 3.35. The SMILES string of the molecule is COc1ccccc1-n1cnnc1Br. The van der Waals surface area contributed by atoms with Crippen molar-refractivity contribution in [2.75, 3.05) is 7.11 Å². The summed E-state index contributed by atoms with van der Waals surface area (Å²) in [6.07, 6.45) is 1.63. The molecule has 2 rings (SSSR count). The summed E-state index contributed by atoms with van der Waals surface area (Å²) in [5.74, 6) is 0.785. The first kappa shape index (κ1) is 9.21. The van der Waals surface area contributed by atoms with Crippen molar-refractivity contribution in [2.45, 2.75) is 0 Å². The number of benzene rings is 1. The van der Waals surface area contributed by atoms with Crippen LogP contribution in [0.2, 0.25) is 0 Å². The summed E-state index contributed by atoms with van der Waals surface area (Å²) < 4.78 is 7.69. The highest BCUT2D eigenvalue weighted by molar-refractivity contribution is 9.10. The molecule has 0 fully saturated rings. The Morgan fingerprint density at radius 1 is 1.36 bits per heavy atom. The molecular formula is C9H8BrN3O. The Morgan fingerprint density at radius 2 is 2.14 bits per heavy atom. The molecule has 0 N–H and O–H groups in total. The zero-order valence-electron chi connectivity index (χ0n) is 7.51. The van der Waals surface area contributed by atoms with Crippen LogP contribution in [0.5, 0.6) is 5.75 Å². The highest BCUT2D eigenvalue weighted by Gasteiger charge is 2.07. The Kier molecular flexibility index (Phi) is 2.49. The van der Waals surface area contributed by atoms with Gasteiger partial charge < -0.3 is 4.74 Å². The number of hydrogen-bond acceptors (Lipinski definition) is 3. The minimum atomic E-state index is 0.655. The van der Waals surface area contributed by atoms with E-state index in [9.17, 15) is 0 Å². The Hall–Kier alpha value is -1.36. The number of halogens is 1. The molecule has 0 aliphatic rings. The molecule has 1 aromatic carbocycles. The molecule has 0 spiro atoms. The van der Waals surface area contributed by atoms with Gasteiger partial charge in [-0.3, -0.25) is 4.57 Å². The molecule has 2 aromatic rings. The lowest BCUT2D eigenvalue weighted by atomic mass is 10.3. The summed E-state index contributed by atoms with van der Waals surface area (Å²) >= 11 is 3.30. The van der Waals surface area contributed by atoms with Crippen molar-refractivity contribution >= 4 is 15.9 Å². The van der Waals surface area contributed by atoms with Gasteiger partial charge in [0.25, 0.3) is 0 Å². The second kappa shape index (κ2) is 3.79. The molecule has 4 nitrogen and oxygen atoms in total. The van der Waals surface area contributed by atoms with Gasteiger partial charge in [-0.1, -0.05) is 12.1 Å². The Balaban J connectivity index is 2.56. The first-order chi connectivity index (χ1) is 6.83. The normalized spacial score (nSPS) is 10.1. The fourth-order valence-corrected chi connectivity index (χ4v) is 1.59. The highest BCUT2D eigenvalue weighted by atomic mass is 79.9. The summed E-state index contributed by atoms with van der Waals surface area (Å²) in [5, 5.41) is 7.63. The predicted molar refractivity (Wildman–Crippen MR) is 55.6 cm³/mol. The zero-order chi connectivity index (χ0) is 9.97. The Labute approximate surface area is 89.7 Å². The highest BCUT2D eigenvalue weighted by Crippen LogP contribution is 2.24. The van der Waals surface area contributed by atoms with Gasteiger partial charge >= 0.3 is 0 Å². The number of rotatable bonds is 2. The molecule has 0 amide bonds. The first-order valence-electron chi connectivity index (χ1n) is 4.02. The largest absolute Gasteiger partial charge is 0.495 e. The van der Waals surface area contributed by atoms with Crippen molar-refractivity contribution < 1.29 is 4.74 Å². The summed E-state index contributed by atoms with van der Waals surface area (Å²) in [5.41, 5.74) is 0.909. The van der Waals surface area contributed by atoms with Crippen LogP contribution < -0.4 is 4.74 Å². The van der Waals surface area contributed by atoms with E-state index >= 15 is 0 Å². The average Bonchev–Trinajstić information content (AvgIpc) is 2.64. The molecule has 0 atom stereocenters. The van der Waals surface area contributed by atoms with Crippen LogP contribution >= 0.6 is 15.9 Å². The van der Waals surface area contributed by atoms with E-state index in [1.807, 2.05) is 24.3 Å². The lowest BCUT2D eigenvalue weighted by Crippen LogP contribution is -1.96. The molecule has 0 radical (unpaired) electrons. The topological polar surface area (TPSA) is 39.9 Å². The maximum absolute atomic E-state index is 5.23. The van der Waals surface area contributed by atoms with Crippen LogP contribution in [-0.2, 0) is 0 Å². The van der Waals surface area contributed by atoms with Gasteiger partial charge in [-0.05, 0) is 28.1 Å². The van der Waals surface area contributed by atoms with Crippen LogP contribution in [0, 0.1) is 0 Å². The van der Waals surface area contributed by atoms with Gasteiger partial charge in [0.05, 0.1) is 12.8 Å². The van der Waals surface area contributed by atoms with Gasteiger partial charge in [0.2, 0.25) is 4.73 Å². The van der Waals surface area contributed by atoms with E-state index in [1.54, 1.807) is 18.0 Å². The van der Waals surface area contributed by atoms with Crippen molar-refractivity contribution in [2.24, 2.45) is 0 Å². The monoisotopic (exact) mass is 253 g/mol. The Morgan fingerprint density at radius 3 is 2.79 bits per heavy atom. The third-order valence-electron chi connectivity index (χ3n) is 1.85. The van der Waals surface area contributed by atoms with E-state index < -0.39 is 0 Å². The van der Waals surface area contributed by atoms with E-state index in [4.69, 9.17) is 4.74 Å². The van der Waals surface area contributed by atoms with Crippen molar-refractivity contribution in [1.82, 2.24) is 14.8 Å². The first-order valence-corrected chi connectivity index (χ1v) is 4.81. The molecule has 0 unspecified atom stereocenters. The molecule has 0 aliphatic carbocycles. The quantitative estimate of drug-likeness (QED) is 0.823. The van der Waals surface area contributed by atoms with Crippen LogP contribution in [0.4, 0.5) is 0 Å². The predicted octanol–water partition coefficient (Wildman–Crippen LogP) is 2.04. The number of nitrogens with zero attached hydrogens (tertiary/aromatic N) is 3. The van der Waals surface area contributed by atoms with E-state index in [1.165, 1.54) is 0 Å². The zero-order valence-corrected chi connectivity index (χ0v) is 9.10. The Bertz CT molecular complexity index is 441. The number of para-hydroxylation sites is 2. The smallest absolute Gasteiger partial charge is 0.204 e. The number of ether oxygens (including phenoxy) is 1. The van der Waals surface area contributed by atoms with Gasteiger partial charge in [0.15, 0.2) is 0 Å². The van der Waals surface area contributed by atoms with E-state index in [0.717, 1.165) is 11.4 Å². The number of hydrogen-bond donors (Lipinski definition) is 0. The average molecular weight is 254 g/mol. The van der Waals surface area contributed by atoms with Crippen LogP contribution in [0.15, 0.2) is 35.3 Å². The minimum Gasteiger partial charge on any atom is -0.495 e. The van der Waals surface area contributed by atoms with Crippen molar-refractivity contribution in [1.29, 1.82) is 0 Å². The maximum Gasteiger partial charge on any atom is 0.204 e. The fourth-order valence-electron chi connectivity index (χ4n) is 1.21. The number of methoxy groups -OCH3 is 1. The van der Waals surface area contributed by atoms with Gasteiger partial charge in [0.1, 0.15) is 12.1 Å².